The molecule has 5 nitrogen and oxygen atoms in total. The van der Waals surface area contributed by atoms with E-state index >= 15 is 0 Å². The molecule has 1 aliphatic heterocycles. The number of hydrogen-bond acceptors (Lipinski definition) is 6. The molecule has 0 aliphatic carbocycles. The summed E-state index contributed by atoms with van der Waals surface area (Å²) in [5, 5.41) is 2.17. The van der Waals surface area contributed by atoms with Crippen LogP contribution in [0.4, 0.5) is 0 Å². The molecule has 23 heavy (non-hydrogen) atoms. The molecule has 0 unspecified atom stereocenters. The first-order chi connectivity index (χ1) is 11.0. The number of fused-ring (bicyclic) bond motifs is 1. The number of thioether (sulfide) groups is 2. The molecule has 0 atom stereocenters. The lowest BCUT2D eigenvalue weighted by molar-refractivity contribution is 0.132. The molecule has 0 amide bonds. The predicted octanol–water partition coefficient (Wildman–Crippen LogP) is 3.30. The minimum absolute atomic E-state index is 0.0883. The lowest BCUT2D eigenvalue weighted by Gasteiger charge is -2.12. The molecule has 3 heterocycles. The molecule has 2 aromatic heterocycles. The van der Waals surface area contributed by atoms with E-state index in [0.29, 0.717) is 29.2 Å². The summed E-state index contributed by atoms with van der Waals surface area (Å²) in [4.78, 5) is 23.9. The molecule has 0 radical (unpaired) electrons. The number of aromatic amines is 1. The summed E-state index contributed by atoms with van der Waals surface area (Å²) >= 11 is 3.29. The van der Waals surface area contributed by atoms with Crippen LogP contribution in [0.1, 0.15) is 36.2 Å². The average molecular weight is 349 g/mol. The van der Waals surface area contributed by atoms with E-state index in [1.807, 2.05) is 12.3 Å². The molecule has 0 saturated carbocycles. The van der Waals surface area contributed by atoms with Crippen LogP contribution in [0.5, 0.6) is 0 Å². The van der Waals surface area contributed by atoms with Gasteiger partial charge in [0.05, 0.1) is 24.5 Å². The first-order valence-electron chi connectivity index (χ1n) is 7.48. The zero-order valence-electron chi connectivity index (χ0n) is 13.4. The molecule has 1 N–H and O–H groups in total. The monoisotopic (exact) mass is 349 g/mol. The van der Waals surface area contributed by atoms with Gasteiger partial charge < -0.3 is 9.72 Å². The molecule has 0 bridgehead atoms. The summed E-state index contributed by atoms with van der Waals surface area (Å²) in [6.45, 7) is 7.19. The van der Waals surface area contributed by atoms with E-state index in [2.05, 4.69) is 35.7 Å². The van der Waals surface area contributed by atoms with Crippen molar-refractivity contribution in [1.82, 2.24) is 15.0 Å². The lowest BCUT2D eigenvalue weighted by atomic mass is 10.2. The van der Waals surface area contributed by atoms with Crippen LogP contribution in [-0.2, 0) is 23.7 Å². The van der Waals surface area contributed by atoms with E-state index in [1.54, 1.807) is 11.8 Å². The Kier molecular flexibility index (Phi) is 5.08. The van der Waals surface area contributed by atoms with Crippen molar-refractivity contribution in [2.75, 3.05) is 0 Å². The normalized spacial score (nSPS) is 13.6. The minimum Gasteiger partial charge on any atom is -0.370 e. The van der Waals surface area contributed by atoms with Crippen molar-refractivity contribution in [2.45, 2.75) is 55.2 Å². The summed E-state index contributed by atoms with van der Waals surface area (Å²) in [5.74, 6) is 0.733. The fraction of sp³-hybridized carbons (Fsp3) is 0.438. The Balaban J connectivity index is 1.81. The molecule has 0 fully saturated rings. The number of ether oxygens (including phenoxy) is 1. The van der Waals surface area contributed by atoms with Crippen molar-refractivity contribution >= 4 is 23.5 Å². The second-order valence-corrected chi connectivity index (χ2v) is 8.19. The Morgan fingerprint density at radius 3 is 3.00 bits per heavy atom. The molecule has 1 aliphatic rings. The third-order valence-electron chi connectivity index (χ3n) is 3.52. The first-order valence-corrected chi connectivity index (χ1v) is 9.35. The SMILES string of the molecule is Cc1ccnc(SC(C)C)c1CSc1nc2c(c(=O)[nH]1)COC2. The van der Waals surface area contributed by atoms with Crippen LogP contribution in [-0.4, -0.2) is 20.2 Å². The van der Waals surface area contributed by atoms with Crippen LogP contribution in [0.25, 0.3) is 0 Å². The molecule has 0 aromatic carbocycles. The van der Waals surface area contributed by atoms with Crippen molar-refractivity contribution in [2.24, 2.45) is 0 Å². The van der Waals surface area contributed by atoms with Crippen molar-refractivity contribution in [3.63, 3.8) is 0 Å². The van der Waals surface area contributed by atoms with Gasteiger partial charge in [-0.05, 0) is 24.1 Å². The Hall–Kier alpha value is -1.31. The second-order valence-electron chi connectivity index (χ2n) is 5.66. The van der Waals surface area contributed by atoms with Gasteiger partial charge in [0, 0.05) is 17.2 Å². The van der Waals surface area contributed by atoms with Crippen LogP contribution in [0.15, 0.2) is 27.2 Å². The molecular formula is C16H19N3O2S2. The summed E-state index contributed by atoms with van der Waals surface area (Å²) in [7, 11) is 0. The maximum absolute atomic E-state index is 12.0. The first kappa shape index (κ1) is 16.5. The number of rotatable bonds is 5. The van der Waals surface area contributed by atoms with Crippen LogP contribution in [0.3, 0.4) is 0 Å². The fourth-order valence-electron chi connectivity index (χ4n) is 2.31. The van der Waals surface area contributed by atoms with Gasteiger partial charge in [0.25, 0.3) is 5.56 Å². The topological polar surface area (TPSA) is 67.9 Å². The van der Waals surface area contributed by atoms with Gasteiger partial charge in [-0.15, -0.1) is 11.8 Å². The fourth-order valence-corrected chi connectivity index (χ4v) is 4.33. The predicted molar refractivity (Wildman–Crippen MR) is 92.9 cm³/mol. The van der Waals surface area contributed by atoms with Gasteiger partial charge in [-0.2, -0.15) is 0 Å². The van der Waals surface area contributed by atoms with E-state index in [4.69, 9.17) is 4.74 Å². The van der Waals surface area contributed by atoms with Crippen molar-refractivity contribution < 1.29 is 4.74 Å². The Labute approximate surface area is 143 Å². The van der Waals surface area contributed by atoms with Crippen molar-refractivity contribution in [1.29, 1.82) is 0 Å². The third kappa shape index (κ3) is 3.79. The van der Waals surface area contributed by atoms with E-state index in [0.717, 1.165) is 16.5 Å². The summed E-state index contributed by atoms with van der Waals surface area (Å²) in [5.41, 5.74) is 3.74. The Morgan fingerprint density at radius 2 is 2.22 bits per heavy atom. The number of pyridine rings is 1. The maximum Gasteiger partial charge on any atom is 0.257 e. The molecule has 3 rings (SSSR count). The largest absolute Gasteiger partial charge is 0.370 e. The number of aromatic nitrogens is 3. The highest BCUT2D eigenvalue weighted by molar-refractivity contribution is 8.00. The highest BCUT2D eigenvalue weighted by atomic mass is 32.2. The number of aryl methyl sites for hydroxylation is 1. The van der Waals surface area contributed by atoms with E-state index < -0.39 is 0 Å². The smallest absolute Gasteiger partial charge is 0.257 e. The number of nitrogens with zero attached hydrogens (tertiary/aromatic N) is 2. The maximum atomic E-state index is 12.0. The molecular weight excluding hydrogens is 330 g/mol. The Morgan fingerprint density at radius 1 is 1.39 bits per heavy atom. The van der Waals surface area contributed by atoms with E-state index in [-0.39, 0.29) is 5.56 Å². The van der Waals surface area contributed by atoms with E-state index in [1.165, 1.54) is 22.9 Å². The van der Waals surface area contributed by atoms with Crippen LogP contribution in [0, 0.1) is 6.92 Å². The van der Waals surface area contributed by atoms with Gasteiger partial charge in [0.2, 0.25) is 0 Å². The van der Waals surface area contributed by atoms with E-state index in [9.17, 15) is 4.79 Å². The quantitative estimate of drug-likeness (QED) is 0.660. The average Bonchev–Trinajstić information content (AvgIpc) is 2.95. The van der Waals surface area contributed by atoms with Gasteiger partial charge in [-0.25, -0.2) is 9.97 Å². The van der Waals surface area contributed by atoms with Gasteiger partial charge in [-0.3, -0.25) is 4.79 Å². The van der Waals surface area contributed by atoms with Gasteiger partial charge in [-0.1, -0.05) is 25.6 Å². The van der Waals surface area contributed by atoms with Crippen molar-refractivity contribution in [3.05, 3.63) is 45.0 Å². The minimum atomic E-state index is -0.0883. The van der Waals surface area contributed by atoms with Gasteiger partial charge in [0.15, 0.2) is 5.16 Å². The highest BCUT2D eigenvalue weighted by Gasteiger charge is 2.18. The van der Waals surface area contributed by atoms with Crippen LogP contribution < -0.4 is 5.56 Å². The summed E-state index contributed by atoms with van der Waals surface area (Å²) < 4.78 is 5.29. The Bertz CT molecular complexity index is 774. The zero-order valence-corrected chi connectivity index (χ0v) is 15.0. The summed E-state index contributed by atoms with van der Waals surface area (Å²) in [6.07, 6.45) is 1.85. The second kappa shape index (κ2) is 7.07. The van der Waals surface area contributed by atoms with Crippen molar-refractivity contribution in [3.8, 4) is 0 Å². The molecule has 0 spiro atoms. The molecule has 0 saturated heterocycles. The zero-order chi connectivity index (χ0) is 16.4. The number of nitrogens with one attached hydrogen (secondary N) is 1. The van der Waals surface area contributed by atoms with Gasteiger partial charge >= 0.3 is 0 Å². The van der Waals surface area contributed by atoms with Gasteiger partial charge in [0.1, 0.15) is 5.03 Å². The molecule has 2 aromatic rings. The number of hydrogen-bond donors (Lipinski definition) is 1. The number of H-pyrrole nitrogens is 1. The summed E-state index contributed by atoms with van der Waals surface area (Å²) in [6, 6.07) is 2.02. The molecule has 122 valence electrons. The van der Waals surface area contributed by atoms with Crippen LogP contribution >= 0.6 is 23.5 Å². The van der Waals surface area contributed by atoms with Crippen LogP contribution in [0.2, 0.25) is 0 Å². The lowest BCUT2D eigenvalue weighted by Crippen LogP contribution is -2.15. The standard InChI is InChI=1S/C16H19N3O2S2/c1-9(2)23-15-12(10(3)4-5-17-15)8-22-16-18-13-7-21-6-11(13)14(20)19-16/h4-5,9H,6-8H2,1-3H3,(H,18,19,20). The third-order valence-corrected chi connectivity index (χ3v) is 5.46. The highest BCUT2D eigenvalue weighted by Crippen LogP contribution is 2.31. The molecule has 7 heteroatoms.